The van der Waals surface area contributed by atoms with E-state index in [0.717, 1.165) is 26.2 Å². The number of nitrogens with two attached hydrogens (primary N) is 1. The largest absolute Gasteiger partial charge is 0.328 e. The van der Waals surface area contributed by atoms with E-state index >= 15 is 0 Å². The summed E-state index contributed by atoms with van der Waals surface area (Å²) in [6.45, 7) is 1.97. The first kappa shape index (κ1) is 12.8. The summed E-state index contributed by atoms with van der Waals surface area (Å²) >= 11 is 9.31. The Balaban J connectivity index is 2.29. The number of hydrogen-bond acceptors (Lipinski definition) is 5. The lowest BCUT2D eigenvalue weighted by Gasteiger charge is -2.11. The van der Waals surface area contributed by atoms with Crippen LogP contribution in [0.25, 0.3) is 0 Å². The molecule has 1 heterocycles. The molecule has 0 aliphatic heterocycles. The van der Waals surface area contributed by atoms with Gasteiger partial charge in [0.2, 0.25) is 0 Å². The first-order valence-corrected chi connectivity index (χ1v) is 7.21. The van der Waals surface area contributed by atoms with Crippen LogP contribution in [0.1, 0.15) is 12.5 Å². The average molecular weight is 286 g/mol. The third kappa shape index (κ3) is 3.42. The van der Waals surface area contributed by atoms with Crippen molar-refractivity contribution >= 4 is 34.7 Å². The molecule has 0 bridgehead atoms. The highest BCUT2D eigenvalue weighted by Gasteiger charge is 2.11. The molecule has 1 aromatic carbocycles. The minimum absolute atomic E-state index is 0.0867. The highest BCUT2D eigenvalue weighted by atomic mass is 35.5. The second-order valence-corrected chi connectivity index (χ2v) is 6.23. The Labute approximate surface area is 113 Å². The first-order valence-electron chi connectivity index (χ1n) is 5.14. The van der Waals surface area contributed by atoms with Crippen molar-refractivity contribution in [2.75, 3.05) is 0 Å². The lowest BCUT2D eigenvalue weighted by molar-refractivity contribution is 0.729. The van der Waals surface area contributed by atoms with Crippen molar-refractivity contribution in [1.29, 1.82) is 0 Å². The van der Waals surface area contributed by atoms with Crippen LogP contribution >= 0.6 is 34.7 Å². The van der Waals surface area contributed by atoms with E-state index in [9.17, 15) is 0 Å². The summed E-state index contributed by atoms with van der Waals surface area (Å²) in [6, 6.07) is 5.96. The van der Waals surface area contributed by atoms with Gasteiger partial charge in [-0.15, -0.1) is 10.2 Å². The molecule has 3 nitrogen and oxygen atoms in total. The maximum atomic E-state index is 6.21. The fraction of sp³-hybridized carbons (Fsp3) is 0.273. The molecule has 0 saturated carbocycles. The molecule has 0 fully saturated rings. The van der Waals surface area contributed by atoms with Crippen molar-refractivity contribution in [3.8, 4) is 0 Å². The summed E-state index contributed by atoms with van der Waals surface area (Å²) in [5.74, 6) is 0. The van der Waals surface area contributed by atoms with Crippen molar-refractivity contribution in [2.24, 2.45) is 5.73 Å². The zero-order chi connectivity index (χ0) is 12.3. The molecule has 0 aliphatic rings. The molecule has 1 unspecified atom stereocenters. The fourth-order valence-electron chi connectivity index (χ4n) is 1.46. The van der Waals surface area contributed by atoms with Gasteiger partial charge in [-0.05, 0) is 31.0 Å². The molecule has 2 rings (SSSR count). The molecule has 90 valence electrons. The highest BCUT2D eigenvalue weighted by molar-refractivity contribution is 8.01. The Morgan fingerprint density at radius 3 is 3.00 bits per heavy atom. The highest BCUT2D eigenvalue weighted by Crippen LogP contribution is 2.34. The fourth-order valence-corrected chi connectivity index (χ4v) is 3.37. The van der Waals surface area contributed by atoms with Crippen LogP contribution in [0.4, 0.5) is 0 Å². The maximum Gasteiger partial charge on any atom is 0.178 e. The van der Waals surface area contributed by atoms with Gasteiger partial charge in [-0.3, -0.25) is 0 Å². The standard InChI is InChI=1S/C11H12ClN3S2/c1-7(13)5-8-9(12)3-2-4-10(8)17-11-15-14-6-16-11/h2-4,6-7H,5,13H2,1H3. The minimum Gasteiger partial charge on any atom is -0.328 e. The Morgan fingerprint density at radius 1 is 1.53 bits per heavy atom. The SMILES string of the molecule is CC(N)Cc1c(Cl)cccc1Sc1nncs1. The average Bonchev–Trinajstić information content (AvgIpc) is 2.75. The van der Waals surface area contributed by atoms with Crippen molar-refractivity contribution in [1.82, 2.24) is 10.2 Å². The third-order valence-corrected chi connectivity index (χ3v) is 4.37. The number of halogens is 1. The van der Waals surface area contributed by atoms with E-state index in [0.29, 0.717) is 0 Å². The number of benzene rings is 1. The van der Waals surface area contributed by atoms with Crippen molar-refractivity contribution < 1.29 is 0 Å². The lowest BCUT2D eigenvalue weighted by atomic mass is 10.1. The predicted molar refractivity (Wildman–Crippen MR) is 72.8 cm³/mol. The summed E-state index contributed by atoms with van der Waals surface area (Å²) in [5, 5.41) is 8.60. The molecule has 0 saturated heterocycles. The Hall–Kier alpha value is -0.620. The number of rotatable bonds is 4. The van der Waals surface area contributed by atoms with Crippen LogP contribution in [0, 0.1) is 0 Å². The van der Waals surface area contributed by atoms with Crippen molar-refractivity contribution in [3.63, 3.8) is 0 Å². The van der Waals surface area contributed by atoms with Gasteiger partial charge in [0.15, 0.2) is 4.34 Å². The van der Waals surface area contributed by atoms with Gasteiger partial charge in [-0.25, -0.2) is 0 Å². The summed E-state index contributed by atoms with van der Waals surface area (Å²) in [6.07, 6.45) is 0.765. The minimum atomic E-state index is 0.0867. The number of hydrogen-bond donors (Lipinski definition) is 1. The van der Waals surface area contributed by atoms with Gasteiger partial charge >= 0.3 is 0 Å². The van der Waals surface area contributed by atoms with Gasteiger partial charge < -0.3 is 5.73 Å². The predicted octanol–water partition coefficient (Wildman–Crippen LogP) is 3.23. The third-order valence-electron chi connectivity index (χ3n) is 2.14. The molecule has 0 radical (unpaired) electrons. The van der Waals surface area contributed by atoms with E-state index in [1.54, 1.807) is 17.3 Å². The van der Waals surface area contributed by atoms with Crippen LogP contribution in [0.15, 0.2) is 32.9 Å². The van der Waals surface area contributed by atoms with Gasteiger partial charge in [0, 0.05) is 16.0 Å². The van der Waals surface area contributed by atoms with Crippen LogP contribution in [-0.2, 0) is 6.42 Å². The van der Waals surface area contributed by atoms with Crippen LogP contribution in [-0.4, -0.2) is 16.2 Å². The van der Waals surface area contributed by atoms with Crippen LogP contribution in [0.2, 0.25) is 5.02 Å². The zero-order valence-corrected chi connectivity index (χ0v) is 11.6. The second-order valence-electron chi connectivity index (χ2n) is 3.70. The van der Waals surface area contributed by atoms with Gasteiger partial charge in [-0.2, -0.15) is 0 Å². The summed E-state index contributed by atoms with van der Waals surface area (Å²) in [5.41, 5.74) is 8.65. The number of aromatic nitrogens is 2. The zero-order valence-electron chi connectivity index (χ0n) is 9.26. The molecule has 1 atom stereocenters. The van der Waals surface area contributed by atoms with Crippen LogP contribution in [0.5, 0.6) is 0 Å². The second kappa shape index (κ2) is 5.82. The van der Waals surface area contributed by atoms with E-state index in [2.05, 4.69) is 10.2 Å². The molecule has 6 heteroatoms. The molecule has 1 aromatic heterocycles. The maximum absolute atomic E-state index is 6.21. The van der Waals surface area contributed by atoms with E-state index in [1.165, 1.54) is 11.3 Å². The van der Waals surface area contributed by atoms with Gasteiger partial charge in [0.1, 0.15) is 5.51 Å². The van der Waals surface area contributed by atoms with Gasteiger partial charge in [0.25, 0.3) is 0 Å². The summed E-state index contributed by atoms with van der Waals surface area (Å²) < 4.78 is 0.915. The molecule has 2 aromatic rings. The van der Waals surface area contributed by atoms with Gasteiger partial charge in [0.05, 0.1) is 0 Å². The van der Waals surface area contributed by atoms with E-state index in [4.69, 9.17) is 17.3 Å². The summed E-state index contributed by atoms with van der Waals surface area (Å²) in [4.78, 5) is 1.10. The van der Waals surface area contributed by atoms with Crippen LogP contribution < -0.4 is 5.73 Å². The van der Waals surface area contributed by atoms with Crippen LogP contribution in [0.3, 0.4) is 0 Å². The first-order chi connectivity index (χ1) is 8.16. The van der Waals surface area contributed by atoms with Gasteiger partial charge in [-0.1, -0.05) is 40.8 Å². The smallest absolute Gasteiger partial charge is 0.178 e. The Kier molecular flexibility index (Phi) is 4.39. The lowest BCUT2D eigenvalue weighted by Crippen LogP contribution is -2.18. The molecule has 0 spiro atoms. The van der Waals surface area contributed by atoms with E-state index in [-0.39, 0.29) is 6.04 Å². The molecule has 17 heavy (non-hydrogen) atoms. The molecular weight excluding hydrogens is 274 g/mol. The molecular formula is C11H12ClN3S2. The Bertz CT molecular complexity index is 485. The number of nitrogens with zero attached hydrogens (tertiary/aromatic N) is 2. The van der Waals surface area contributed by atoms with Crippen molar-refractivity contribution in [2.45, 2.75) is 28.6 Å². The molecule has 2 N–H and O–H groups in total. The van der Waals surface area contributed by atoms with E-state index in [1.807, 2.05) is 25.1 Å². The topological polar surface area (TPSA) is 51.8 Å². The van der Waals surface area contributed by atoms with E-state index < -0.39 is 0 Å². The molecule has 0 amide bonds. The monoisotopic (exact) mass is 285 g/mol. The Morgan fingerprint density at radius 2 is 2.35 bits per heavy atom. The summed E-state index contributed by atoms with van der Waals surface area (Å²) in [7, 11) is 0. The normalized spacial score (nSPS) is 12.6. The van der Waals surface area contributed by atoms with Crippen molar-refractivity contribution in [3.05, 3.63) is 34.3 Å². The quantitative estimate of drug-likeness (QED) is 0.937. The molecule has 0 aliphatic carbocycles.